The van der Waals surface area contributed by atoms with Crippen molar-refractivity contribution in [2.24, 2.45) is 0 Å². The summed E-state index contributed by atoms with van der Waals surface area (Å²) in [7, 11) is 1.53. The molecule has 154 valence electrons. The maximum Gasteiger partial charge on any atom is 0.417 e. The number of ether oxygens (including phenoxy) is 2. The Balaban J connectivity index is 1.90. The molecule has 2 aromatic carbocycles. The molecule has 0 saturated carbocycles. The Labute approximate surface area is 172 Å². The highest BCUT2D eigenvalue weighted by Crippen LogP contribution is 2.39. The first-order valence-electron chi connectivity index (χ1n) is 9.15. The van der Waals surface area contributed by atoms with Crippen molar-refractivity contribution in [1.82, 2.24) is 4.90 Å². The first-order chi connectivity index (χ1) is 13.9. The summed E-state index contributed by atoms with van der Waals surface area (Å²) in [6, 6.07) is 11.3. The lowest BCUT2D eigenvalue weighted by molar-refractivity contribution is -0.137. The third kappa shape index (κ3) is 5.44. The molecule has 0 amide bonds. The lowest BCUT2D eigenvalue weighted by atomic mass is 9.99. The third-order valence-electron chi connectivity index (χ3n) is 4.71. The van der Waals surface area contributed by atoms with Gasteiger partial charge in [-0.15, -0.1) is 11.8 Å². The maximum absolute atomic E-state index is 13.6. The molecule has 0 aromatic heterocycles. The van der Waals surface area contributed by atoms with E-state index in [9.17, 15) is 18.4 Å². The van der Waals surface area contributed by atoms with Crippen LogP contribution < -0.4 is 4.74 Å². The molecule has 8 heteroatoms. The monoisotopic (exact) mass is 422 g/mol. The number of benzene rings is 2. The zero-order valence-electron chi connectivity index (χ0n) is 16.0. The van der Waals surface area contributed by atoms with E-state index in [0.717, 1.165) is 25.7 Å². The van der Waals surface area contributed by atoms with Crippen LogP contribution in [0.1, 0.15) is 11.1 Å². The molecular weight excluding hydrogens is 401 g/mol. The second-order valence-corrected chi connectivity index (χ2v) is 7.67. The quantitative estimate of drug-likeness (QED) is 0.633. The van der Waals surface area contributed by atoms with Crippen molar-refractivity contribution in [2.45, 2.75) is 11.1 Å². The van der Waals surface area contributed by atoms with Crippen molar-refractivity contribution in [3.05, 3.63) is 47.5 Å². The summed E-state index contributed by atoms with van der Waals surface area (Å²) in [5.74, 6) is 1.22. The zero-order chi connectivity index (χ0) is 20.9. The Hall–Kier alpha value is -2.21. The summed E-state index contributed by atoms with van der Waals surface area (Å²) in [6.07, 6.45) is -4.60. The smallest absolute Gasteiger partial charge is 0.417 e. The van der Waals surface area contributed by atoms with Gasteiger partial charge in [0.05, 0.1) is 31.5 Å². The summed E-state index contributed by atoms with van der Waals surface area (Å²) in [4.78, 5) is 2.56. The van der Waals surface area contributed by atoms with Gasteiger partial charge in [-0.25, -0.2) is 0 Å². The van der Waals surface area contributed by atoms with E-state index in [1.165, 1.54) is 18.9 Å². The van der Waals surface area contributed by atoms with Gasteiger partial charge < -0.3 is 9.47 Å². The molecule has 1 aliphatic heterocycles. The van der Waals surface area contributed by atoms with Gasteiger partial charge in [0.15, 0.2) is 0 Å². The second-order valence-electron chi connectivity index (χ2n) is 6.54. The fraction of sp³-hybridized carbons (Fsp3) is 0.381. The molecule has 0 atom stereocenters. The standard InChI is InChI=1S/C21H21F3N2O2S/c1-27-17-4-2-15(3-5-17)16-12-19(21(22,23)24)18(14-25)20(13-16)29-11-8-26-6-9-28-10-7-26/h2-5,12-13H,6-11H2,1H3. The SMILES string of the molecule is COc1ccc(-c2cc(SCCN3CCOCC3)c(C#N)c(C(F)(F)F)c2)cc1. The van der Waals surface area contributed by atoms with Gasteiger partial charge in [-0.2, -0.15) is 18.4 Å². The predicted octanol–water partition coefficient (Wildman–Crippen LogP) is 4.68. The Morgan fingerprint density at radius 2 is 1.83 bits per heavy atom. The molecule has 0 spiro atoms. The van der Waals surface area contributed by atoms with Gasteiger partial charge >= 0.3 is 6.18 Å². The summed E-state index contributed by atoms with van der Waals surface area (Å²) in [6.45, 7) is 3.68. The minimum absolute atomic E-state index is 0.318. The normalized spacial score (nSPS) is 15.1. The molecule has 1 heterocycles. The van der Waals surface area contributed by atoms with E-state index >= 15 is 0 Å². The molecule has 0 N–H and O–H groups in total. The van der Waals surface area contributed by atoms with E-state index in [1.54, 1.807) is 36.4 Å². The molecule has 1 aliphatic rings. The number of rotatable bonds is 6. The first kappa shape index (κ1) is 21.5. The molecule has 1 fully saturated rings. The van der Waals surface area contributed by atoms with Crippen LogP contribution in [0.5, 0.6) is 5.75 Å². The average Bonchev–Trinajstić information content (AvgIpc) is 2.73. The maximum atomic E-state index is 13.6. The van der Waals surface area contributed by atoms with Gasteiger partial charge in [-0.05, 0) is 35.4 Å². The van der Waals surface area contributed by atoms with Gasteiger partial charge in [0, 0.05) is 30.3 Å². The van der Waals surface area contributed by atoms with E-state index < -0.39 is 11.7 Å². The summed E-state index contributed by atoms with van der Waals surface area (Å²) in [5.41, 5.74) is -0.160. The van der Waals surface area contributed by atoms with Crippen molar-refractivity contribution < 1.29 is 22.6 Å². The fourth-order valence-corrected chi connectivity index (χ4v) is 4.21. The van der Waals surface area contributed by atoms with Crippen LogP contribution in [0.4, 0.5) is 13.2 Å². The van der Waals surface area contributed by atoms with Crippen LogP contribution in [0.3, 0.4) is 0 Å². The molecule has 3 rings (SSSR count). The number of nitrogens with zero attached hydrogens (tertiary/aromatic N) is 2. The van der Waals surface area contributed by atoms with Crippen LogP contribution in [0.25, 0.3) is 11.1 Å². The lowest BCUT2D eigenvalue weighted by Crippen LogP contribution is -2.37. The van der Waals surface area contributed by atoms with Crippen LogP contribution in [0.15, 0.2) is 41.3 Å². The predicted molar refractivity (Wildman–Crippen MR) is 106 cm³/mol. The van der Waals surface area contributed by atoms with Crippen LogP contribution in [0.2, 0.25) is 0 Å². The molecule has 0 bridgehead atoms. The minimum Gasteiger partial charge on any atom is -0.497 e. The van der Waals surface area contributed by atoms with Crippen molar-refractivity contribution in [3.63, 3.8) is 0 Å². The molecule has 1 saturated heterocycles. The second kappa shape index (κ2) is 9.53. The largest absolute Gasteiger partial charge is 0.497 e. The van der Waals surface area contributed by atoms with Crippen LogP contribution in [0, 0.1) is 11.3 Å². The van der Waals surface area contributed by atoms with Gasteiger partial charge in [-0.3, -0.25) is 4.90 Å². The molecule has 2 aromatic rings. The molecule has 0 aliphatic carbocycles. The summed E-state index contributed by atoms with van der Waals surface area (Å²) < 4.78 is 51.3. The van der Waals surface area contributed by atoms with Gasteiger partial charge in [0.1, 0.15) is 11.8 Å². The topological polar surface area (TPSA) is 45.5 Å². The minimum atomic E-state index is -4.60. The van der Waals surface area contributed by atoms with E-state index in [1.807, 2.05) is 0 Å². The zero-order valence-corrected chi connectivity index (χ0v) is 16.8. The van der Waals surface area contributed by atoms with Crippen LogP contribution in [-0.4, -0.2) is 50.6 Å². The fourth-order valence-electron chi connectivity index (χ4n) is 3.13. The number of hydrogen-bond donors (Lipinski definition) is 0. The Bertz CT molecular complexity index is 873. The van der Waals surface area contributed by atoms with Gasteiger partial charge in [0.2, 0.25) is 0 Å². The van der Waals surface area contributed by atoms with Crippen molar-refractivity contribution >= 4 is 11.8 Å². The van der Waals surface area contributed by atoms with E-state index in [0.29, 0.717) is 40.7 Å². The number of methoxy groups -OCH3 is 1. The molecule has 0 unspecified atom stereocenters. The summed E-state index contributed by atoms with van der Waals surface area (Å²) in [5, 5.41) is 9.43. The summed E-state index contributed by atoms with van der Waals surface area (Å²) >= 11 is 1.28. The highest BCUT2D eigenvalue weighted by Gasteiger charge is 2.35. The lowest BCUT2D eigenvalue weighted by Gasteiger charge is -2.26. The van der Waals surface area contributed by atoms with Crippen molar-refractivity contribution in [3.8, 4) is 22.9 Å². The van der Waals surface area contributed by atoms with Gasteiger partial charge in [-0.1, -0.05) is 12.1 Å². The Kier molecular flexibility index (Phi) is 7.06. The van der Waals surface area contributed by atoms with Crippen molar-refractivity contribution in [1.29, 1.82) is 5.26 Å². The molecular formula is C21H21F3N2O2S. The third-order valence-corrected chi connectivity index (χ3v) is 5.73. The van der Waals surface area contributed by atoms with E-state index in [2.05, 4.69) is 4.90 Å². The highest BCUT2D eigenvalue weighted by molar-refractivity contribution is 7.99. The van der Waals surface area contributed by atoms with E-state index in [-0.39, 0.29) is 5.56 Å². The Morgan fingerprint density at radius 3 is 2.41 bits per heavy atom. The number of nitriles is 1. The highest BCUT2D eigenvalue weighted by atomic mass is 32.2. The van der Waals surface area contributed by atoms with Crippen LogP contribution >= 0.6 is 11.8 Å². The average molecular weight is 422 g/mol. The molecule has 29 heavy (non-hydrogen) atoms. The Morgan fingerprint density at radius 1 is 1.14 bits per heavy atom. The van der Waals surface area contributed by atoms with Gasteiger partial charge in [0.25, 0.3) is 0 Å². The number of alkyl halides is 3. The number of halogens is 3. The number of thioether (sulfide) groups is 1. The van der Waals surface area contributed by atoms with Crippen molar-refractivity contribution in [2.75, 3.05) is 45.7 Å². The first-order valence-corrected chi connectivity index (χ1v) is 10.1. The number of morpholine rings is 1. The molecule has 4 nitrogen and oxygen atoms in total. The van der Waals surface area contributed by atoms with Crippen LogP contribution in [-0.2, 0) is 10.9 Å². The molecule has 0 radical (unpaired) electrons. The number of hydrogen-bond acceptors (Lipinski definition) is 5. The van der Waals surface area contributed by atoms with E-state index in [4.69, 9.17) is 9.47 Å².